The lowest BCUT2D eigenvalue weighted by Gasteiger charge is -2.30. The number of halogens is 2. The van der Waals surface area contributed by atoms with E-state index in [1.807, 2.05) is 30.3 Å². The van der Waals surface area contributed by atoms with Gasteiger partial charge in [0, 0.05) is 36.4 Å². The molecule has 3 aromatic carbocycles. The summed E-state index contributed by atoms with van der Waals surface area (Å²) in [7, 11) is 2.70. The van der Waals surface area contributed by atoms with Crippen LogP contribution < -0.4 is 10.6 Å². The fourth-order valence-corrected chi connectivity index (χ4v) is 8.94. The molecule has 5 aromatic rings. The molecule has 11 nitrogen and oxygen atoms in total. The van der Waals surface area contributed by atoms with Crippen molar-refractivity contribution in [1.29, 1.82) is 0 Å². The lowest BCUT2D eigenvalue weighted by Crippen LogP contribution is -2.54. The molecule has 3 unspecified atom stereocenters. The number of aromatic nitrogens is 4. The number of nitrogens with one attached hydrogen (secondary N) is 4. The van der Waals surface area contributed by atoms with Crippen molar-refractivity contribution in [2.45, 2.75) is 75.2 Å². The van der Waals surface area contributed by atoms with Gasteiger partial charge in [0.1, 0.15) is 17.7 Å². The molecule has 4 aliphatic rings. The Balaban J connectivity index is 0.960. The predicted molar refractivity (Wildman–Crippen MR) is 194 cm³/mol. The van der Waals surface area contributed by atoms with Crippen LogP contribution in [0.4, 0.5) is 13.6 Å². The summed E-state index contributed by atoms with van der Waals surface area (Å²) in [5.74, 6) is -1.44. The number of hydrogen-bond acceptors (Lipinski definition) is 7. The van der Waals surface area contributed by atoms with Crippen molar-refractivity contribution in [3.05, 3.63) is 83.6 Å². The van der Waals surface area contributed by atoms with Gasteiger partial charge in [-0.25, -0.2) is 14.8 Å². The standard InChI is InChI=1S/C40H41F2N7O4/c1-20(52-2)34(48-39(51)53-3)38(50)49-14-4-5-33(49)36-43-19-32(47-36)23-8-12-27-26-11-7-21(16-28(26)40(41,42)29(27)17-23)22-9-13-30-31(18-22)46-37(45-30)35-24-6-10-25(15-24)44-35/h7-9,11-13,16-20,24-25,33-35,44H,4-6,10,14-15H2,1-3H3,(H,43,47)(H,45,46)(H,48,51)/t20-,24?,25-,33?,34?,35+/m1/s1. The molecule has 1 saturated carbocycles. The number of amides is 2. The molecular weight excluding hydrogens is 680 g/mol. The van der Waals surface area contributed by atoms with Crippen molar-refractivity contribution in [2.24, 2.45) is 5.92 Å². The molecule has 4 N–H and O–H groups in total. The van der Waals surface area contributed by atoms with E-state index in [2.05, 4.69) is 25.6 Å². The Labute approximate surface area is 304 Å². The highest BCUT2D eigenvalue weighted by molar-refractivity contribution is 5.88. The third kappa shape index (κ3) is 5.59. The molecule has 53 heavy (non-hydrogen) atoms. The number of piperidine rings is 1. The first-order valence-corrected chi connectivity index (χ1v) is 18.3. The number of aromatic amines is 2. The van der Waals surface area contributed by atoms with E-state index < -0.39 is 24.2 Å². The highest BCUT2D eigenvalue weighted by Gasteiger charge is 2.45. The SMILES string of the molecule is COC(=O)NC(C(=O)N1CCCC1c1ncc(-c2ccc3c(c2)C(F)(F)c2cc(-c4ccc5nc([C@H]6N[C@@H]7CCC6C7)[nH]c5c4)ccc2-3)[nH]1)[C@@H](C)OC. The van der Waals surface area contributed by atoms with Gasteiger partial charge in [-0.3, -0.25) is 4.79 Å². The number of alkyl carbamates (subject to hydrolysis) is 1. The van der Waals surface area contributed by atoms with Gasteiger partial charge in [-0.15, -0.1) is 0 Å². The van der Waals surface area contributed by atoms with Crippen molar-refractivity contribution in [3.63, 3.8) is 0 Å². The van der Waals surface area contributed by atoms with E-state index in [9.17, 15) is 9.59 Å². The Morgan fingerprint density at radius 1 is 0.943 bits per heavy atom. The Hall–Kier alpha value is -5.14. The summed E-state index contributed by atoms with van der Waals surface area (Å²) >= 11 is 0. The number of likely N-dealkylation sites (tertiary alicyclic amines) is 1. The number of rotatable bonds is 8. The normalized spacial score (nSPS) is 23.6. The second-order valence-corrected chi connectivity index (χ2v) is 14.8. The number of benzene rings is 3. The number of ether oxygens (including phenoxy) is 2. The maximum absolute atomic E-state index is 16.4. The van der Waals surface area contributed by atoms with Gasteiger partial charge in [0.25, 0.3) is 5.92 Å². The van der Waals surface area contributed by atoms with Gasteiger partial charge in [-0.1, -0.05) is 30.3 Å². The van der Waals surface area contributed by atoms with Gasteiger partial charge < -0.3 is 35.0 Å². The van der Waals surface area contributed by atoms with Crippen molar-refractivity contribution in [2.75, 3.05) is 20.8 Å². The number of alkyl halides is 2. The van der Waals surface area contributed by atoms with Crippen LogP contribution in [0.2, 0.25) is 0 Å². The molecule has 0 spiro atoms. The topological polar surface area (TPSA) is 137 Å². The molecule has 13 heteroatoms. The van der Waals surface area contributed by atoms with Crippen LogP contribution >= 0.6 is 0 Å². The van der Waals surface area contributed by atoms with Gasteiger partial charge >= 0.3 is 6.09 Å². The van der Waals surface area contributed by atoms with Crippen molar-refractivity contribution >= 4 is 23.0 Å². The number of H-pyrrole nitrogens is 2. The number of hydrogen-bond donors (Lipinski definition) is 4. The lowest BCUT2D eigenvalue weighted by molar-refractivity contribution is -0.137. The average molecular weight is 722 g/mol. The molecule has 9 rings (SSSR count). The summed E-state index contributed by atoms with van der Waals surface area (Å²) in [6.45, 7) is 2.17. The summed E-state index contributed by atoms with van der Waals surface area (Å²) in [6, 6.07) is 15.8. The van der Waals surface area contributed by atoms with E-state index in [1.54, 1.807) is 36.2 Å². The number of fused-ring (bicyclic) bond motifs is 6. The monoisotopic (exact) mass is 721 g/mol. The van der Waals surface area contributed by atoms with Crippen molar-refractivity contribution < 1.29 is 27.8 Å². The van der Waals surface area contributed by atoms with Gasteiger partial charge in [0.05, 0.1) is 48.2 Å². The lowest BCUT2D eigenvalue weighted by atomic mass is 9.98. The van der Waals surface area contributed by atoms with Gasteiger partial charge in [-0.05, 0) is 91.5 Å². The molecule has 2 aromatic heterocycles. The van der Waals surface area contributed by atoms with Crippen LogP contribution in [-0.2, 0) is 20.2 Å². The summed E-state index contributed by atoms with van der Waals surface area (Å²) in [6.07, 6.45) is 5.30. The van der Waals surface area contributed by atoms with E-state index in [1.165, 1.54) is 39.5 Å². The van der Waals surface area contributed by atoms with E-state index >= 15 is 8.78 Å². The van der Waals surface area contributed by atoms with Crippen LogP contribution in [-0.4, -0.2) is 75.8 Å². The van der Waals surface area contributed by atoms with Crippen LogP contribution in [0.3, 0.4) is 0 Å². The van der Waals surface area contributed by atoms with Gasteiger partial charge in [0.2, 0.25) is 5.91 Å². The smallest absolute Gasteiger partial charge is 0.407 e. The highest BCUT2D eigenvalue weighted by Crippen LogP contribution is 2.53. The zero-order valence-electron chi connectivity index (χ0n) is 29.7. The predicted octanol–water partition coefficient (Wildman–Crippen LogP) is 6.98. The van der Waals surface area contributed by atoms with Crippen LogP contribution in [0.15, 0.2) is 60.8 Å². The summed E-state index contributed by atoms with van der Waals surface area (Å²) in [5, 5.41) is 6.28. The second-order valence-electron chi connectivity index (χ2n) is 14.8. The fraction of sp³-hybridized carbons (Fsp3) is 0.400. The summed E-state index contributed by atoms with van der Waals surface area (Å²) in [5.41, 5.74) is 5.38. The molecule has 2 amide bonds. The molecule has 2 aliphatic carbocycles. The largest absolute Gasteiger partial charge is 0.453 e. The third-order valence-electron chi connectivity index (χ3n) is 11.8. The summed E-state index contributed by atoms with van der Waals surface area (Å²) in [4.78, 5) is 43.6. The van der Waals surface area contributed by atoms with Crippen LogP contribution in [0.25, 0.3) is 44.5 Å². The first-order chi connectivity index (χ1) is 25.6. The summed E-state index contributed by atoms with van der Waals surface area (Å²) < 4.78 is 42.8. The zero-order valence-corrected chi connectivity index (χ0v) is 29.7. The van der Waals surface area contributed by atoms with Crippen LogP contribution in [0.5, 0.6) is 0 Å². The van der Waals surface area contributed by atoms with E-state index in [0.717, 1.165) is 28.8 Å². The molecule has 4 heterocycles. The molecule has 2 aliphatic heterocycles. The van der Waals surface area contributed by atoms with Crippen LogP contribution in [0, 0.1) is 5.92 Å². The van der Waals surface area contributed by atoms with E-state index in [0.29, 0.717) is 58.7 Å². The van der Waals surface area contributed by atoms with E-state index in [4.69, 9.17) is 14.5 Å². The minimum absolute atomic E-state index is 0.0236. The van der Waals surface area contributed by atoms with Crippen LogP contribution in [0.1, 0.15) is 73.9 Å². The maximum atomic E-state index is 16.4. The molecule has 2 bridgehead atoms. The first-order valence-electron chi connectivity index (χ1n) is 18.3. The second kappa shape index (κ2) is 12.8. The van der Waals surface area contributed by atoms with Gasteiger partial charge in [0.15, 0.2) is 0 Å². The average Bonchev–Trinajstić information content (AvgIpc) is 4.04. The Bertz CT molecular complexity index is 2250. The number of methoxy groups -OCH3 is 2. The molecule has 274 valence electrons. The molecule has 6 atom stereocenters. The Morgan fingerprint density at radius 2 is 1.68 bits per heavy atom. The number of nitrogens with zero attached hydrogens (tertiary/aromatic N) is 3. The van der Waals surface area contributed by atoms with Gasteiger partial charge in [-0.2, -0.15) is 8.78 Å². The quantitative estimate of drug-likeness (QED) is 0.136. The maximum Gasteiger partial charge on any atom is 0.407 e. The fourth-order valence-electron chi connectivity index (χ4n) is 8.94. The minimum Gasteiger partial charge on any atom is -0.453 e. The molecule has 0 radical (unpaired) electrons. The molecule has 2 saturated heterocycles. The third-order valence-corrected chi connectivity index (χ3v) is 11.8. The van der Waals surface area contributed by atoms with Crippen molar-refractivity contribution in [3.8, 4) is 33.5 Å². The minimum atomic E-state index is -3.22. The number of carbonyl (C=O) groups excluding carboxylic acids is 2. The molecule has 3 fully saturated rings. The Kier molecular flexibility index (Phi) is 8.11. The van der Waals surface area contributed by atoms with Crippen molar-refractivity contribution in [1.82, 2.24) is 35.5 Å². The Morgan fingerprint density at radius 3 is 2.40 bits per heavy atom. The number of carbonyl (C=O) groups is 2. The molecular formula is C40H41F2N7O4. The first kappa shape index (κ1) is 33.7. The zero-order chi connectivity index (χ0) is 36.6. The van der Waals surface area contributed by atoms with E-state index in [-0.39, 0.29) is 29.1 Å². The highest BCUT2D eigenvalue weighted by atomic mass is 19.3. The number of imidazole rings is 2.